The molecular formula is C22H32F3NO2. The first-order valence-electron chi connectivity index (χ1n) is 9.96. The molecule has 1 fully saturated rings. The zero-order chi connectivity index (χ0) is 21.3. The smallest absolute Gasteiger partial charge is 0.418 e. The second-order valence-electron chi connectivity index (χ2n) is 8.23. The van der Waals surface area contributed by atoms with E-state index in [9.17, 15) is 18.3 Å². The van der Waals surface area contributed by atoms with Crippen LogP contribution in [-0.4, -0.2) is 23.4 Å². The van der Waals surface area contributed by atoms with E-state index in [1.807, 2.05) is 20.8 Å². The Hall–Kier alpha value is -1.69. The molecule has 2 rings (SSSR count). The van der Waals surface area contributed by atoms with E-state index in [2.05, 4.69) is 6.58 Å². The van der Waals surface area contributed by atoms with Crippen LogP contribution in [0.2, 0.25) is 0 Å². The normalized spacial score (nSPS) is 23.1. The summed E-state index contributed by atoms with van der Waals surface area (Å²) in [6.45, 7) is 13.5. The van der Waals surface area contributed by atoms with Gasteiger partial charge in [-0.15, -0.1) is 0 Å². The summed E-state index contributed by atoms with van der Waals surface area (Å²) in [4.78, 5) is 1.67. The van der Waals surface area contributed by atoms with Gasteiger partial charge in [0, 0.05) is 11.7 Å². The third-order valence-corrected chi connectivity index (χ3v) is 5.40. The van der Waals surface area contributed by atoms with E-state index in [0.717, 1.165) is 12.5 Å². The topological polar surface area (TPSA) is 32.7 Å². The summed E-state index contributed by atoms with van der Waals surface area (Å²) < 4.78 is 47.9. The molecule has 1 atom stereocenters. The predicted molar refractivity (Wildman–Crippen MR) is 107 cm³/mol. The van der Waals surface area contributed by atoms with Crippen LogP contribution in [-0.2, 0) is 6.18 Å². The lowest BCUT2D eigenvalue weighted by molar-refractivity contribution is -0.137. The molecule has 0 amide bonds. The first-order chi connectivity index (χ1) is 12.9. The summed E-state index contributed by atoms with van der Waals surface area (Å²) in [6, 6.07) is 2.63. The molecule has 0 spiro atoms. The van der Waals surface area contributed by atoms with Gasteiger partial charge in [0.1, 0.15) is 5.75 Å². The highest BCUT2D eigenvalue weighted by molar-refractivity contribution is 5.68. The zero-order valence-electron chi connectivity index (χ0n) is 17.5. The van der Waals surface area contributed by atoms with Crippen molar-refractivity contribution in [3.8, 4) is 5.75 Å². The summed E-state index contributed by atoms with van der Waals surface area (Å²) in [6.07, 6.45) is -2.29. The number of hydrogen-bond acceptors (Lipinski definition) is 3. The minimum absolute atomic E-state index is 0.0799. The van der Waals surface area contributed by atoms with Crippen molar-refractivity contribution in [2.45, 2.75) is 84.0 Å². The van der Waals surface area contributed by atoms with Gasteiger partial charge in [-0.2, -0.15) is 13.2 Å². The quantitative estimate of drug-likeness (QED) is 0.560. The summed E-state index contributed by atoms with van der Waals surface area (Å²) >= 11 is 0. The van der Waals surface area contributed by atoms with Crippen LogP contribution in [0.1, 0.15) is 77.3 Å². The van der Waals surface area contributed by atoms with Crippen molar-refractivity contribution in [3.05, 3.63) is 35.5 Å². The lowest BCUT2D eigenvalue weighted by Crippen LogP contribution is -2.53. The summed E-state index contributed by atoms with van der Waals surface area (Å²) in [5, 5.41) is 10.2. The Bertz CT molecular complexity index is 704. The molecule has 1 aromatic rings. The molecule has 1 N–H and O–H groups in total. The van der Waals surface area contributed by atoms with Gasteiger partial charge in [-0.05, 0) is 63.1 Å². The van der Waals surface area contributed by atoms with E-state index in [-0.39, 0.29) is 23.4 Å². The van der Waals surface area contributed by atoms with Gasteiger partial charge in [-0.3, -0.25) is 0 Å². The average molecular weight is 399 g/mol. The monoisotopic (exact) mass is 399 g/mol. The van der Waals surface area contributed by atoms with Gasteiger partial charge >= 0.3 is 6.18 Å². The third-order valence-electron chi connectivity index (χ3n) is 5.40. The van der Waals surface area contributed by atoms with Crippen LogP contribution < -0.4 is 9.64 Å². The van der Waals surface area contributed by atoms with Crippen molar-refractivity contribution in [3.63, 3.8) is 0 Å². The average Bonchev–Trinajstić information content (AvgIpc) is 2.56. The highest BCUT2D eigenvalue weighted by Gasteiger charge is 2.45. The summed E-state index contributed by atoms with van der Waals surface area (Å²) in [7, 11) is 0. The van der Waals surface area contributed by atoms with Gasteiger partial charge in [-0.1, -0.05) is 27.4 Å². The fraction of sp³-hybridized carbons (Fsp3) is 0.636. The number of allylic oxidation sites excluding steroid dienone is 1. The molecule has 0 radical (unpaired) electrons. The Morgan fingerprint density at radius 3 is 2.39 bits per heavy atom. The second kappa shape index (κ2) is 8.36. The van der Waals surface area contributed by atoms with Gasteiger partial charge in [0.05, 0.1) is 23.5 Å². The van der Waals surface area contributed by atoms with E-state index in [4.69, 9.17) is 4.74 Å². The van der Waals surface area contributed by atoms with Gasteiger partial charge in [0.15, 0.2) is 0 Å². The summed E-state index contributed by atoms with van der Waals surface area (Å²) in [5.74, 6) is 0.166. The molecule has 1 saturated carbocycles. The number of anilines is 1. The van der Waals surface area contributed by atoms with Crippen LogP contribution in [0, 0.1) is 0 Å². The van der Waals surface area contributed by atoms with Gasteiger partial charge in [-0.25, -0.2) is 0 Å². The molecule has 0 bridgehead atoms. The number of alkyl halides is 3. The van der Waals surface area contributed by atoms with E-state index >= 15 is 0 Å². The van der Waals surface area contributed by atoms with E-state index in [0.29, 0.717) is 37.1 Å². The molecule has 0 aliphatic heterocycles. The Kier molecular flexibility index (Phi) is 6.74. The van der Waals surface area contributed by atoms with Crippen molar-refractivity contribution >= 4 is 5.69 Å². The lowest BCUT2D eigenvalue weighted by Gasteiger charge is -2.49. The van der Waals surface area contributed by atoms with Crippen molar-refractivity contribution in [2.24, 2.45) is 0 Å². The highest BCUT2D eigenvalue weighted by atomic mass is 19.4. The van der Waals surface area contributed by atoms with E-state index < -0.39 is 17.3 Å². The number of nitrogens with zero attached hydrogens (tertiary/aromatic N) is 1. The number of aliphatic hydroxyl groups is 1. The third kappa shape index (κ3) is 4.83. The SMILES string of the molecule is C=C(C)N(c1c(C(C)CC)cc(OCCC)cc1C(F)(F)F)C1CC(C)(O)C1. The summed E-state index contributed by atoms with van der Waals surface area (Å²) in [5.41, 5.74) is -0.252. The predicted octanol–water partition coefficient (Wildman–Crippen LogP) is 6.26. The molecule has 3 nitrogen and oxygen atoms in total. The standard InChI is InChI=1S/C22H32F3NO2/c1-7-9-28-17-10-18(15(5)8-2)20(19(11-17)22(23,24)25)26(14(3)4)16-12-21(6,27)13-16/h10-11,15-16,27H,3,7-9,12-13H2,1-2,4-6H3. The second-order valence-corrected chi connectivity index (χ2v) is 8.23. The van der Waals surface area contributed by atoms with Crippen LogP contribution in [0.15, 0.2) is 24.4 Å². The van der Waals surface area contributed by atoms with Gasteiger partial charge in [0.2, 0.25) is 0 Å². The zero-order valence-corrected chi connectivity index (χ0v) is 17.5. The Balaban J connectivity index is 2.68. The van der Waals surface area contributed by atoms with Crippen LogP contribution in [0.3, 0.4) is 0 Å². The van der Waals surface area contributed by atoms with Gasteiger partial charge < -0.3 is 14.7 Å². The number of benzene rings is 1. The fourth-order valence-electron chi connectivity index (χ4n) is 3.84. The molecule has 0 aromatic heterocycles. The lowest BCUT2D eigenvalue weighted by atomic mass is 9.75. The Morgan fingerprint density at radius 1 is 1.36 bits per heavy atom. The van der Waals surface area contributed by atoms with Crippen LogP contribution >= 0.6 is 0 Å². The maximum Gasteiger partial charge on any atom is 0.418 e. The number of halogens is 3. The van der Waals surface area contributed by atoms with Crippen LogP contribution in [0.4, 0.5) is 18.9 Å². The number of ether oxygens (including phenoxy) is 1. The van der Waals surface area contributed by atoms with Gasteiger partial charge in [0.25, 0.3) is 0 Å². The minimum atomic E-state index is -4.52. The molecule has 0 heterocycles. The first-order valence-corrected chi connectivity index (χ1v) is 9.96. The highest BCUT2D eigenvalue weighted by Crippen LogP contribution is 2.48. The van der Waals surface area contributed by atoms with Crippen LogP contribution in [0.5, 0.6) is 5.75 Å². The van der Waals surface area contributed by atoms with Crippen molar-refractivity contribution in [1.29, 1.82) is 0 Å². The maximum atomic E-state index is 14.1. The fourth-order valence-corrected chi connectivity index (χ4v) is 3.84. The molecule has 28 heavy (non-hydrogen) atoms. The number of hydrogen-bond donors (Lipinski definition) is 1. The molecule has 1 aromatic carbocycles. The van der Waals surface area contributed by atoms with Crippen LogP contribution in [0.25, 0.3) is 0 Å². The maximum absolute atomic E-state index is 14.1. The largest absolute Gasteiger partial charge is 0.494 e. The molecule has 0 saturated heterocycles. The minimum Gasteiger partial charge on any atom is -0.494 e. The Morgan fingerprint density at radius 2 is 1.96 bits per heavy atom. The van der Waals surface area contributed by atoms with Crippen molar-refractivity contribution < 1.29 is 23.0 Å². The molecule has 1 aliphatic rings. The first kappa shape index (κ1) is 22.6. The van der Waals surface area contributed by atoms with Crippen molar-refractivity contribution in [2.75, 3.05) is 11.5 Å². The molecular weight excluding hydrogens is 367 g/mol. The molecule has 1 aliphatic carbocycles. The number of rotatable bonds is 8. The van der Waals surface area contributed by atoms with E-state index in [1.54, 1.807) is 24.8 Å². The van der Waals surface area contributed by atoms with E-state index in [1.165, 1.54) is 0 Å². The molecule has 1 unspecified atom stereocenters. The molecule has 158 valence electrons. The van der Waals surface area contributed by atoms with Crippen molar-refractivity contribution in [1.82, 2.24) is 0 Å². The Labute approximate surface area is 166 Å². The molecule has 6 heteroatoms.